The van der Waals surface area contributed by atoms with Gasteiger partial charge in [0.1, 0.15) is 12.4 Å². The van der Waals surface area contributed by atoms with Gasteiger partial charge in [-0.15, -0.1) is 0 Å². The normalized spacial score (nSPS) is 16.5. The molecule has 2 N–H and O–H groups in total. The molecule has 2 aromatic carbocycles. The summed E-state index contributed by atoms with van der Waals surface area (Å²) >= 11 is 0. The van der Waals surface area contributed by atoms with E-state index >= 15 is 0 Å². The van der Waals surface area contributed by atoms with Gasteiger partial charge in [0, 0.05) is 11.6 Å². The van der Waals surface area contributed by atoms with Gasteiger partial charge in [0.2, 0.25) is 0 Å². The summed E-state index contributed by atoms with van der Waals surface area (Å²) in [7, 11) is 0. The van der Waals surface area contributed by atoms with Crippen molar-refractivity contribution in [2.45, 2.75) is 25.5 Å². The minimum Gasteiger partial charge on any atom is -0.489 e. The highest BCUT2D eigenvalue weighted by Gasteiger charge is 2.19. The lowest BCUT2D eigenvalue weighted by molar-refractivity contribution is 0.305. The van der Waals surface area contributed by atoms with Crippen LogP contribution in [0.2, 0.25) is 0 Å². The predicted octanol–water partition coefficient (Wildman–Crippen LogP) is 3.08. The Morgan fingerprint density at radius 3 is 2.95 bits per heavy atom. The monoisotopic (exact) mass is 264 g/mol. The molecule has 3 nitrogen and oxygen atoms in total. The van der Waals surface area contributed by atoms with Crippen LogP contribution >= 0.6 is 0 Å². The molecular formula is C17H16N2O. The standard InChI is InChI=1S/C17H16N2O/c18-10-13-3-1-2-4-14(13)11-20-15-6-7-16-12(9-15)5-8-17(16)19/h1-4,6-7,9,17H,5,8,11,19H2. The van der Waals surface area contributed by atoms with Gasteiger partial charge in [-0.3, -0.25) is 0 Å². The number of nitrogens with zero attached hydrogens (tertiary/aromatic N) is 1. The fourth-order valence-corrected chi connectivity index (χ4v) is 2.63. The lowest BCUT2D eigenvalue weighted by Crippen LogP contribution is -2.05. The first-order valence-electron chi connectivity index (χ1n) is 6.77. The largest absolute Gasteiger partial charge is 0.489 e. The maximum Gasteiger partial charge on any atom is 0.120 e. The SMILES string of the molecule is N#Cc1ccccc1COc1ccc2c(c1)CCC2N. The van der Waals surface area contributed by atoms with Gasteiger partial charge in [0.05, 0.1) is 11.6 Å². The molecule has 0 spiro atoms. The Labute approximate surface area is 118 Å². The number of fused-ring (bicyclic) bond motifs is 1. The lowest BCUT2D eigenvalue weighted by Gasteiger charge is -2.10. The molecule has 1 aliphatic rings. The smallest absolute Gasteiger partial charge is 0.120 e. The molecular weight excluding hydrogens is 248 g/mol. The number of aryl methyl sites for hydroxylation is 1. The first-order chi connectivity index (χ1) is 9.78. The van der Waals surface area contributed by atoms with Crippen LogP contribution in [0.1, 0.15) is 34.7 Å². The van der Waals surface area contributed by atoms with Crippen LogP contribution in [0.5, 0.6) is 5.75 Å². The number of ether oxygens (including phenoxy) is 1. The highest BCUT2D eigenvalue weighted by molar-refractivity contribution is 5.41. The summed E-state index contributed by atoms with van der Waals surface area (Å²) in [5, 5.41) is 9.05. The molecule has 0 saturated heterocycles. The van der Waals surface area contributed by atoms with Crippen LogP contribution < -0.4 is 10.5 Å². The average Bonchev–Trinajstić information content (AvgIpc) is 2.86. The molecule has 0 bridgehead atoms. The van der Waals surface area contributed by atoms with Crippen LogP contribution in [0.25, 0.3) is 0 Å². The van der Waals surface area contributed by atoms with Gasteiger partial charge in [0.15, 0.2) is 0 Å². The fraction of sp³-hybridized carbons (Fsp3) is 0.235. The molecule has 1 unspecified atom stereocenters. The van der Waals surface area contributed by atoms with E-state index in [0.717, 1.165) is 24.2 Å². The average molecular weight is 264 g/mol. The summed E-state index contributed by atoms with van der Waals surface area (Å²) in [6, 6.07) is 15.9. The maximum atomic E-state index is 9.05. The molecule has 0 amide bonds. The molecule has 0 fully saturated rings. The molecule has 0 saturated carbocycles. The van der Waals surface area contributed by atoms with E-state index in [1.54, 1.807) is 6.07 Å². The Morgan fingerprint density at radius 2 is 2.10 bits per heavy atom. The van der Waals surface area contributed by atoms with Crippen molar-refractivity contribution < 1.29 is 4.74 Å². The van der Waals surface area contributed by atoms with E-state index in [1.807, 2.05) is 24.3 Å². The van der Waals surface area contributed by atoms with E-state index in [0.29, 0.717) is 12.2 Å². The maximum absolute atomic E-state index is 9.05. The van der Waals surface area contributed by atoms with E-state index in [1.165, 1.54) is 11.1 Å². The third kappa shape index (κ3) is 2.38. The van der Waals surface area contributed by atoms with Crippen LogP contribution in [0, 0.1) is 11.3 Å². The molecule has 3 heteroatoms. The van der Waals surface area contributed by atoms with Gasteiger partial charge in [-0.2, -0.15) is 5.26 Å². The van der Waals surface area contributed by atoms with E-state index < -0.39 is 0 Å². The van der Waals surface area contributed by atoms with Crippen molar-refractivity contribution in [1.29, 1.82) is 5.26 Å². The Morgan fingerprint density at radius 1 is 1.25 bits per heavy atom. The first kappa shape index (κ1) is 12.7. The van der Waals surface area contributed by atoms with Crippen molar-refractivity contribution in [3.8, 4) is 11.8 Å². The van der Waals surface area contributed by atoms with Crippen LogP contribution in [0.3, 0.4) is 0 Å². The third-order valence-electron chi connectivity index (χ3n) is 3.77. The Balaban J connectivity index is 1.75. The number of nitriles is 1. The second-order valence-electron chi connectivity index (χ2n) is 5.06. The van der Waals surface area contributed by atoms with Crippen molar-refractivity contribution in [3.05, 3.63) is 64.7 Å². The van der Waals surface area contributed by atoms with Crippen molar-refractivity contribution >= 4 is 0 Å². The number of nitrogens with two attached hydrogens (primary N) is 1. The number of rotatable bonds is 3. The van der Waals surface area contributed by atoms with Crippen LogP contribution in [-0.2, 0) is 13.0 Å². The molecule has 1 atom stereocenters. The zero-order valence-corrected chi connectivity index (χ0v) is 11.2. The zero-order valence-electron chi connectivity index (χ0n) is 11.2. The minimum atomic E-state index is 0.165. The van der Waals surface area contributed by atoms with Crippen molar-refractivity contribution in [3.63, 3.8) is 0 Å². The number of hydrogen-bond donors (Lipinski definition) is 1. The molecule has 1 aliphatic carbocycles. The lowest BCUT2D eigenvalue weighted by atomic mass is 10.1. The summed E-state index contributed by atoms with van der Waals surface area (Å²) in [5.41, 5.74) is 10.1. The topological polar surface area (TPSA) is 59.0 Å². The van der Waals surface area contributed by atoms with Gasteiger partial charge in [0.25, 0.3) is 0 Å². The molecule has 0 aliphatic heterocycles. The highest BCUT2D eigenvalue weighted by atomic mass is 16.5. The molecule has 0 radical (unpaired) electrons. The Hall–Kier alpha value is -2.31. The summed E-state index contributed by atoms with van der Waals surface area (Å²) < 4.78 is 5.80. The molecule has 100 valence electrons. The molecule has 0 aromatic heterocycles. The van der Waals surface area contributed by atoms with E-state index in [2.05, 4.69) is 18.2 Å². The Kier molecular flexibility index (Phi) is 3.41. The number of benzene rings is 2. The summed E-state index contributed by atoms with van der Waals surface area (Å²) in [6.07, 6.45) is 2.03. The minimum absolute atomic E-state index is 0.165. The van der Waals surface area contributed by atoms with E-state index in [9.17, 15) is 0 Å². The van der Waals surface area contributed by atoms with Crippen molar-refractivity contribution in [1.82, 2.24) is 0 Å². The molecule has 2 aromatic rings. The third-order valence-corrected chi connectivity index (χ3v) is 3.77. The van der Waals surface area contributed by atoms with Gasteiger partial charge in [-0.1, -0.05) is 24.3 Å². The zero-order chi connectivity index (χ0) is 13.9. The van der Waals surface area contributed by atoms with Crippen LogP contribution in [0.4, 0.5) is 0 Å². The molecule has 3 rings (SSSR count). The first-order valence-corrected chi connectivity index (χ1v) is 6.77. The van der Waals surface area contributed by atoms with E-state index in [4.69, 9.17) is 15.7 Å². The van der Waals surface area contributed by atoms with Gasteiger partial charge >= 0.3 is 0 Å². The highest BCUT2D eigenvalue weighted by Crippen LogP contribution is 2.32. The van der Waals surface area contributed by atoms with Gasteiger partial charge in [-0.05, 0) is 42.2 Å². The van der Waals surface area contributed by atoms with Gasteiger partial charge < -0.3 is 10.5 Å². The second-order valence-corrected chi connectivity index (χ2v) is 5.06. The predicted molar refractivity (Wildman–Crippen MR) is 77.2 cm³/mol. The van der Waals surface area contributed by atoms with Gasteiger partial charge in [-0.25, -0.2) is 0 Å². The van der Waals surface area contributed by atoms with Crippen LogP contribution in [-0.4, -0.2) is 0 Å². The van der Waals surface area contributed by atoms with Crippen LogP contribution in [0.15, 0.2) is 42.5 Å². The Bertz CT molecular complexity index is 673. The molecule has 20 heavy (non-hydrogen) atoms. The summed E-state index contributed by atoms with van der Waals surface area (Å²) in [6.45, 7) is 0.411. The quantitative estimate of drug-likeness (QED) is 0.926. The summed E-state index contributed by atoms with van der Waals surface area (Å²) in [5.74, 6) is 0.839. The van der Waals surface area contributed by atoms with Crippen molar-refractivity contribution in [2.24, 2.45) is 5.73 Å². The summed E-state index contributed by atoms with van der Waals surface area (Å²) in [4.78, 5) is 0. The van der Waals surface area contributed by atoms with Crippen molar-refractivity contribution in [2.75, 3.05) is 0 Å². The van der Waals surface area contributed by atoms with E-state index in [-0.39, 0.29) is 6.04 Å². The number of hydrogen-bond acceptors (Lipinski definition) is 3. The fourth-order valence-electron chi connectivity index (χ4n) is 2.63. The second kappa shape index (κ2) is 5.36. The molecule has 0 heterocycles.